The number of fused-ring (bicyclic) bond motifs is 1. The summed E-state index contributed by atoms with van der Waals surface area (Å²) in [7, 11) is -3.57. The molecule has 0 saturated carbocycles. The first-order valence-corrected chi connectivity index (χ1v) is 12.9. The maximum atomic E-state index is 13.0. The molecule has 2 aromatic heterocycles. The third-order valence-electron chi connectivity index (χ3n) is 4.98. The van der Waals surface area contributed by atoms with Crippen LogP contribution < -0.4 is 4.80 Å². The van der Waals surface area contributed by atoms with E-state index in [1.807, 2.05) is 16.7 Å². The molecule has 0 bridgehead atoms. The van der Waals surface area contributed by atoms with E-state index in [1.54, 1.807) is 29.7 Å². The van der Waals surface area contributed by atoms with Crippen LogP contribution in [-0.4, -0.2) is 36.3 Å². The van der Waals surface area contributed by atoms with Crippen LogP contribution in [0.4, 0.5) is 0 Å². The summed E-state index contributed by atoms with van der Waals surface area (Å²) >= 11 is 8.68. The number of sulfonamides is 1. The quantitative estimate of drug-likeness (QED) is 0.514. The van der Waals surface area contributed by atoms with Crippen molar-refractivity contribution in [3.63, 3.8) is 0 Å². The molecular weight excluding hydrogens is 462 g/mol. The smallest absolute Gasteiger partial charge is 0.252 e. The fourth-order valence-corrected chi connectivity index (χ4v) is 7.51. The Morgan fingerprint density at radius 3 is 2.93 bits per heavy atom. The topological polar surface area (TPSA) is 71.7 Å². The lowest BCUT2D eigenvalue weighted by atomic mass is 9.99. The summed E-state index contributed by atoms with van der Waals surface area (Å²) in [5.74, 6) is -0.754. The van der Waals surface area contributed by atoms with E-state index in [4.69, 9.17) is 11.6 Å². The second-order valence-corrected chi connectivity index (χ2v) is 11.5. The van der Waals surface area contributed by atoms with Gasteiger partial charge in [0.1, 0.15) is 4.21 Å². The number of piperidine rings is 1. The molecule has 4 rings (SSSR count). The van der Waals surface area contributed by atoms with Gasteiger partial charge in [0.15, 0.2) is 4.80 Å². The molecule has 0 spiro atoms. The third-order valence-corrected chi connectivity index (χ3v) is 9.50. The average molecular weight is 482 g/mol. The molecule has 158 valence electrons. The summed E-state index contributed by atoms with van der Waals surface area (Å²) in [5.41, 5.74) is 0.932. The zero-order chi connectivity index (χ0) is 21.3. The van der Waals surface area contributed by atoms with Crippen LogP contribution in [0.1, 0.15) is 12.8 Å². The van der Waals surface area contributed by atoms with E-state index >= 15 is 0 Å². The zero-order valence-corrected chi connectivity index (χ0v) is 19.2. The first-order chi connectivity index (χ1) is 14.4. The Balaban J connectivity index is 1.64. The number of hydrogen-bond acceptors (Lipinski definition) is 5. The lowest BCUT2D eigenvalue weighted by Crippen LogP contribution is -2.42. The predicted molar refractivity (Wildman–Crippen MR) is 121 cm³/mol. The van der Waals surface area contributed by atoms with Crippen molar-refractivity contribution in [3.05, 3.63) is 58.2 Å². The standard InChI is InChI=1S/C20H20ClN3O3S3/c1-2-9-24-16-8-7-15(21)12-17(16)29-20(24)22-19(25)14-5-3-10-23(13-14)30(26,27)18-6-4-11-28-18/h2,4,6-8,11-12,14H,1,3,5,9-10,13H2. The van der Waals surface area contributed by atoms with E-state index in [-0.39, 0.29) is 12.5 Å². The second-order valence-electron chi connectivity index (χ2n) is 6.98. The molecule has 1 aromatic carbocycles. The molecule has 6 nitrogen and oxygen atoms in total. The summed E-state index contributed by atoms with van der Waals surface area (Å²) in [6.07, 6.45) is 3.00. The van der Waals surface area contributed by atoms with Gasteiger partial charge in [-0.1, -0.05) is 35.1 Å². The van der Waals surface area contributed by atoms with Crippen molar-refractivity contribution in [3.8, 4) is 0 Å². The van der Waals surface area contributed by atoms with Crippen LogP contribution in [0.5, 0.6) is 0 Å². The molecule has 30 heavy (non-hydrogen) atoms. The molecule has 10 heteroatoms. The van der Waals surface area contributed by atoms with Crippen molar-refractivity contribution < 1.29 is 13.2 Å². The molecule has 1 amide bonds. The summed E-state index contributed by atoms with van der Waals surface area (Å²) in [4.78, 5) is 17.9. The number of amides is 1. The average Bonchev–Trinajstić information content (AvgIpc) is 3.37. The van der Waals surface area contributed by atoms with E-state index in [1.165, 1.54) is 27.0 Å². The van der Waals surface area contributed by atoms with Gasteiger partial charge in [-0.15, -0.1) is 17.9 Å². The Morgan fingerprint density at radius 2 is 2.20 bits per heavy atom. The highest BCUT2D eigenvalue weighted by molar-refractivity contribution is 7.91. The van der Waals surface area contributed by atoms with E-state index < -0.39 is 15.9 Å². The van der Waals surface area contributed by atoms with E-state index in [0.717, 1.165) is 10.2 Å². The fourth-order valence-electron chi connectivity index (χ4n) is 3.52. The highest BCUT2D eigenvalue weighted by atomic mass is 35.5. The van der Waals surface area contributed by atoms with Crippen molar-refractivity contribution in [1.82, 2.24) is 8.87 Å². The maximum Gasteiger partial charge on any atom is 0.252 e. The van der Waals surface area contributed by atoms with Gasteiger partial charge >= 0.3 is 0 Å². The monoisotopic (exact) mass is 481 g/mol. The molecule has 1 atom stereocenters. The molecule has 1 aliphatic rings. The van der Waals surface area contributed by atoms with E-state index in [0.29, 0.717) is 40.0 Å². The van der Waals surface area contributed by atoms with Gasteiger partial charge in [0, 0.05) is 24.7 Å². The molecule has 1 fully saturated rings. The lowest BCUT2D eigenvalue weighted by molar-refractivity contribution is -0.122. The van der Waals surface area contributed by atoms with Crippen LogP contribution in [0.15, 0.2) is 57.6 Å². The minimum absolute atomic E-state index is 0.154. The van der Waals surface area contributed by atoms with Crippen molar-refractivity contribution in [2.24, 2.45) is 10.9 Å². The van der Waals surface area contributed by atoms with Crippen LogP contribution in [0, 0.1) is 5.92 Å². The van der Waals surface area contributed by atoms with Crippen molar-refractivity contribution in [2.75, 3.05) is 13.1 Å². The van der Waals surface area contributed by atoms with Crippen LogP contribution in [0.2, 0.25) is 5.02 Å². The molecule has 0 aliphatic carbocycles. The largest absolute Gasteiger partial charge is 0.313 e. The van der Waals surface area contributed by atoms with Crippen LogP contribution in [-0.2, 0) is 21.4 Å². The number of carbonyl (C=O) groups excluding carboxylic acids is 1. The van der Waals surface area contributed by atoms with Gasteiger partial charge < -0.3 is 4.57 Å². The minimum Gasteiger partial charge on any atom is -0.313 e. The van der Waals surface area contributed by atoms with Gasteiger partial charge in [-0.2, -0.15) is 9.30 Å². The van der Waals surface area contributed by atoms with Gasteiger partial charge in [-0.3, -0.25) is 4.79 Å². The molecule has 0 N–H and O–H groups in total. The Bertz CT molecular complexity index is 1260. The predicted octanol–water partition coefficient (Wildman–Crippen LogP) is 4.13. The van der Waals surface area contributed by atoms with Gasteiger partial charge in [-0.05, 0) is 42.5 Å². The number of carbonyl (C=O) groups is 1. The number of halogens is 1. The molecule has 3 aromatic rings. The number of nitrogens with zero attached hydrogens (tertiary/aromatic N) is 3. The normalized spacial score (nSPS) is 18.7. The number of rotatable bonds is 5. The zero-order valence-electron chi connectivity index (χ0n) is 16.0. The van der Waals surface area contributed by atoms with Crippen LogP contribution in [0.3, 0.4) is 0 Å². The molecule has 1 unspecified atom stereocenters. The Labute approximate surface area is 187 Å². The number of benzene rings is 1. The number of allylic oxidation sites excluding steroid dienone is 1. The number of aromatic nitrogens is 1. The highest BCUT2D eigenvalue weighted by Gasteiger charge is 2.33. The maximum absolute atomic E-state index is 13.0. The number of thiazole rings is 1. The van der Waals surface area contributed by atoms with Gasteiger partial charge in [0.25, 0.3) is 15.9 Å². The summed E-state index contributed by atoms with van der Waals surface area (Å²) < 4.78 is 30.2. The first-order valence-electron chi connectivity index (χ1n) is 9.42. The van der Waals surface area contributed by atoms with Crippen molar-refractivity contribution >= 4 is 60.4 Å². The summed E-state index contributed by atoms with van der Waals surface area (Å²) in [6, 6.07) is 8.86. The molecular formula is C20H20ClN3O3S3. The van der Waals surface area contributed by atoms with Gasteiger partial charge in [-0.25, -0.2) is 8.42 Å². The van der Waals surface area contributed by atoms with E-state index in [9.17, 15) is 13.2 Å². The fraction of sp³-hybridized carbons (Fsp3) is 0.300. The molecule has 3 heterocycles. The summed E-state index contributed by atoms with van der Waals surface area (Å²) in [5, 5.41) is 2.36. The van der Waals surface area contributed by atoms with Gasteiger partial charge in [0.2, 0.25) is 0 Å². The third kappa shape index (κ3) is 4.17. The number of thiophene rings is 1. The minimum atomic E-state index is -3.57. The van der Waals surface area contributed by atoms with E-state index in [2.05, 4.69) is 11.6 Å². The Hall–Kier alpha value is -1.78. The lowest BCUT2D eigenvalue weighted by Gasteiger charge is -2.29. The van der Waals surface area contributed by atoms with Gasteiger partial charge in [0.05, 0.1) is 16.1 Å². The van der Waals surface area contributed by atoms with Crippen molar-refractivity contribution in [1.29, 1.82) is 0 Å². The Kier molecular flexibility index (Phi) is 6.26. The molecule has 0 radical (unpaired) electrons. The Morgan fingerprint density at radius 1 is 1.37 bits per heavy atom. The number of hydrogen-bond donors (Lipinski definition) is 0. The van der Waals surface area contributed by atoms with Crippen LogP contribution >= 0.6 is 34.3 Å². The molecule has 1 aliphatic heterocycles. The SMILES string of the molecule is C=CCn1c(=NC(=O)C2CCCN(S(=O)(=O)c3cccs3)C2)sc2cc(Cl)ccc21. The first kappa shape index (κ1) is 21.5. The second kappa shape index (κ2) is 8.76. The molecule has 1 saturated heterocycles. The highest BCUT2D eigenvalue weighted by Crippen LogP contribution is 2.27. The van der Waals surface area contributed by atoms with Crippen LogP contribution in [0.25, 0.3) is 10.2 Å². The summed E-state index contributed by atoms with van der Waals surface area (Å²) in [6.45, 7) is 4.87. The van der Waals surface area contributed by atoms with Crippen molar-refractivity contribution in [2.45, 2.75) is 23.6 Å².